The molecule has 7 nitrogen and oxygen atoms in total. The molecule has 8 heteroatoms. The van der Waals surface area contributed by atoms with Gasteiger partial charge < -0.3 is 9.30 Å². The Hall–Kier alpha value is -3.97. The van der Waals surface area contributed by atoms with Crippen molar-refractivity contribution < 1.29 is 14.5 Å². The second-order valence-electron chi connectivity index (χ2n) is 6.95. The van der Waals surface area contributed by atoms with Crippen molar-refractivity contribution in [2.75, 3.05) is 6.61 Å². The van der Waals surface area contributed by atoms with Gasteiger partial charge in [-0.05, 0) is 36.2 Å². The Labute approximate surface area is 187 Å². The Morgan fingerprint density at radius 2 is 1.72 bits per heavy atom. The molecule has 0 aliphatic heterocycles. The number of fused-ring (bicyclic) bond motifs is 1. The van der Waals surface area contributed by atoms with Crippen LogP contribution in [0.2, 0.25) is 5.02 Å². The van der Waals surface area contributed by atoms with E-state index in [0.717, 1.165) is 17.2 Å². The molecule has 0 N–H and O–H groups in total. The zero-order valence-electron chi connectivity index (χ0n) is 16.9. The topological polar surface area (TPSA) is 91.4 Å². The molecule has 1 aromatic heterocycles. The van der Waals surface area contributed by atoms with Crippen LogP contribution in [0.4, 0.5) is 5.69 Å². The van der Waals surface area contributed by atoms with Crippen molar-refractivity contribution in [3.8, 4) is 16.8 Å². The molecule has 0 unspecified atom stereocenters. The van der Waals surface area contributed by atoms with E-state index in [1.54, 1.807) is 11.5 Å². The molecule has 0 aliphatic carbocycles. The minimum atomic E-state index is -0.799. The third kappa shape index (κ3) is 3.86. The maximum absolute atomic E-state index is 13.0. The molecule has 0 spiro atoms. The van der Waals surface area contributed by atoms with Gasteiger partial charge in [0.1, 0.15) is 10.6 Å². The first-order valence-electron chi connectivity index (χ1n) is 9.77. The van der Waals surface area contributed by atoms with Gasteiger partial charge in [-0.2, -0.15) is 0 Å². The molecule has 0 radical (unpaired) electrons. The van der Waals surface area contributed by atoms with Crippen molar-refractivity contribution in [3.63, 3.8) is 0 Å². The fourth-order valence-electron chi connectivity index (χ4n) is 3.49. The number of ether oxygens (including phenoxy) is 1. The molecular weight excluding hydrogens is 432 g/mol. The van der Waals surface area contributed by atoms with Crippen LogP contribution in [0.5, 0.6) is 0 Å². The third-order valence-corrected chi connectivity index (χ3v) is 5.32. The summed E-state index contributed by atoms with van der Waals surface area (Å²) in [6.45, 7) is 1.72. The predicted octanol–water partition coefficient (Wildman–Crippen LogP) is 5.40. The first-order valence-corrected chi connectivity index (χ1v) is 10.1. The summed E-state index contributed by atoms with van der Waals surface area (Å²) in [5, 5.41) is 11.2. The van der Waals surface area contributed by atoms with Gasteiger partial charge in [-0.1, -0.05) is 54.1 Å². The summed E-state index contributed by atoms with van der Waals surface area (Å²) >= 11 is 6.12. The summed E-state index contributed by atoms with van der Waals surface area (Å²) < 4.78 is 6.62. The number of esters is 1. The van der Waals surface area contributed by atoms with Gasteiger partial charge in [-0.3, -0.25) is 14.9 Å². The van der Waals surface area contributed by atoms with E-state index < -0.39 is 22.0 Å². The van der Waals surface area contributed by atoms with Crippen LogP contribution in [0.1, 0.15) is 17.3 Å². The molecule has 4 aromatic rings. The van der Waals surface area contributed by atoms with Crippen molar-refractivity contribution in [1.29, 1.82) is 0 Å². The molecule has 3 aromatic carbocycles. The van der Waals surface area contributed by atoms with Gasteiger partial charge >= 0.3 is 5.97 Å². The molecule has 0 aliphatic rings. The van der Waals surface area contributed by atoms with Crippen LogP contribution in [-0.2, 0) is 4.74 Å². The average Bonchev–Trinajstić information content (AvgIpc) is 2.80. The van der Waals surface area contributed by atoms with Gasteiger partial charge in [0.15, 0.2) is 0 Å². The molecular formula is C24H17ClN2O5. The van der Waals surface area contributed by atoms with E-state index in [1.807, 2.05) is 54.6 Å². The fraction of sp³-hybridized carbons (Fsp3) is 0.0833. The van der Waals surface area contributed by atoms with E-state index in [1.165, 1.54) is 12.3 Å². The predicted molar refractivity (Wildman–Crippen MR) is 123 cm³/mol. The number of nitro benzene ring substituents is 1. The lowest BCUT2D eigenvalue weighted by Gasteiger charge is -2.14. The lowest BCUT2D eigenvalue weighted by molar-refractivity contribution is -0.384. The third-order valence-electron chi connectivity index (χ3n) is 5.02. The highest BCUT2D eigenvalue weighted by atomic mass is 35.5. The van der Waals surface area contributed by atoms with Crippen LogP contribution in [-0.4, -0.2) is 22.1 Å². The summed E-state index contributed by atoms with van der Waals surface area (Å²) in [7, 11) is 0. The molecule has 0 saturated heterocycles. The number of hydrogen-bond acceptors (Lipinski definition) is 5. The number of rotatable bonds is 5. The SMILES string of the molecule is CCOC(=O)c1cn(-c2ccc(-c3ccccc3)cc2)c2cc(Cl)c([N+](=O)[O-])cc2c1=O. The van der Waals surface area contributed by atoms with Gasteiger partial charge in [0, 0.05) is 18.0 Å². The number of pyridine rings is 1. The van der Waals surface area contributed by atoms with Crippen molar-refractivity contribution in [2.45, 2.75) is 6.92 Å². The fourth-order valence-corrected chi connectivity index (χ4v) is 3.71. The average molecular weight is 449 g/mol. The Bertz CT molecular complexity index is 1400. The molecule has 0 atom stereocenters. The van der Waals surface area contributed by atoms with Gasteiger partial charge in [-0.15, -0.1) is 0 Å². The van der Waals surface area contributed by atoms with Gasteiger partial charge in [0.25, 0.3) is 5.69 Å². The maximum atomic E-state index is 13.0. The largest absolute Gasteiger partial charge is 0.462 e. The van der Waals surface area contributed by atoms with E-state index in [0.29, 0.717) is 11.2 Å². The van der Waals surface area contributed by atoms with Gasteiger partial charge in [-0.25, -0.2) is 4.79 Å². The summed E-state index contributed by atoms with van der Waals surface area (Å²) in [5.74, 6) is -0.799. The molecule has 1 heterocycles. The Balaban J connectivity index is 1.96. The number of carbonyl (C=O) groups is 1. The van der Waals surface area contributed by atoms with Crippen molar-refractivity contribution in [1.82, 2.24) is 4.57 Å². The van der Waals surface area contributed by atoms with Crippen molar-refractivity contribution in [2.24, 2.45) is 0 Å². The van der Waals surface area contributed by atoms with Crippen LogP contribution in [0, 0.1) is 10.1 Å². The summed E-state index contributed by atoms with van der Waals surface area (Å²) in [5.41, 5.74) is 1.71. The quantitative estimate of drug-likeness (QED) is 0.232. The summed E-state index contributed by atoms with van der Waals surface area (Å²) in [6, 6.07) is 19.7. The minimum absolute atomic E-state index is 0.00112. The first kappa shape index (κ1) is 21.3. The first-order chi connectivity index (χ1) is 15.4. The zero-order valence-corrected chi connectivity index (χ0v) is 17.7. The van der Waals surface area contributed by atoms with E-state index in [4.69, 9.17) is 16.3 Å². The van der Waals surface area contributed by atoms with Crippen molar-refractivity contribution >= 4 is 34.2 Å². The molecule has 32 heavy (non-hydrogen) atoms. The highest BCUT2D eigenvalue weighted by molar-refractivity contribution is 6.33. The normalized spacial score (nSPS) is 10.8. The Kier molecular flexibility index (Phi) is 5.75. The number of benzene rings is 3. The van der Waals surface area contributed by atoms with E-state index in [2.05, 4.69) is 0 Å². The van der Waals surface area contributed by atoms with E-state index >= 15 is 0 Å². The van der Waals surface area contributed by atoms with Crippen molar-refractivity contribution in [3.05, 3.63) is 104 Å². The maximum Gasteiger partial charge on any atom is 0.343 e. The van der Waals surface area contributed by atoms with Crippen LogP contribution in [0.15, 0.2) is 77.7 Å². The van der Waals surface area contributed by atoms with Crippen LogP contribution in [0.3, 0.4) is 0 Å². The number of aromatic nitrogens is 1. The Morgan fingerprint density at radius 1 is 1.06 bits per heavy atom. The van der Waals surface area contributed by atoms with Gasteiger partial charge in [0.2, 0.25) is 5.43 Å². The lowest BCUT2D eigenvalue weighted by Crippen LogP contribution is -2.20. The number of nitrogens with zero attached hydrogens (tertiary/aromatic N) is 2. The number of halogens is 1. The molecule has 0 fully saturated rings. The molecule has 160 valence electrons. The summed E-state index contributed by atoms with van der Waals surface area (Å²) in [4.78, 5) is 36.1. The summed E-state index contributed by atoms with van der Waals surface area (Å²) in [6.07, 6.45) is 1.38. The highest BCUT2D eigenvalue weighted by Gasteiger charge is 2.22. The van der Waals surface area contributed by atoms with Crippen LogP contribution in [0.25, 0.3) is 27.7 Å². The minimum Gasteiger partial charge on any atom is -0.462 e. The standard InChI is InChI=1S/C24H17ClN2O5/c1-2-32-24(29)19-14-26(17-10-8-16(9-11-17)15-6-4-3-5-7-15)21-13-20(25)22(27(30)31)12-18(21)23(19)28/h3-14H,2H2,1H3. The van der Waals surface area contributed by atoms with Crippen LogP contribution < -0.4 is 5.43 Å². The number of hydrogen-bond donors (Lipinski definition) is 0. The monoisotopic (exact) mass is 448 g/mol. The van der Waals surface area contributed by atoms with E-state index in [-0.39, 0.29) is 22.6 Å². The second-order valence-corrected chi connectivity index (χ2v) is 7.36. The smallest absolute Gasteiger partial charge is 0.343 e. The zero-order chi connectivity index (χ0) is 22.8. The molecule has 0 amide bonds. The number of carbonyl (C=O) groups excluding carboxylic acids is 1. The lowest BCUT2D eigenvalue weighted by atomic mass is 10.0. The molecule has 0 bridgehead atoms. The number of nitro groups is 1. The van der Waals surface area contributed by atoms with E-state index in [9.17, 15) is 19.7 Å². The Morgan fingerprint density at radius 3 is 2.34 bits per heavy atom. The molecule has 4 rings (SSSR count). The second kappa shape index (κ2) is 8.64. The highest BCUT2D eigenvalue weighted by Crippen LogP contribution is 2.30. The molecule has 0 saturated carbocycles. The van der Waals surface area contributed by atoms with Gasteiger partial charge in [0.05, 0.1) is 22.4 Å². The van der Waals surface area contributed by atoms with Crippen LogP contribution >= 0.6 is 11.6 Å².